The van der Waals surface area contributed by atoms with Crippen molar-refractivity contribution < 1.29 is 9.59 Å². The minimum Gasteiger partial charge on any atom is -0.343 e. The Morgan fingerprint density at radius 2 is 2.16 bits per heavy atom. The Kier molecular flexibility index (Phi) is 4.24. The first-order valence-corrected chi connectivity index (χ1v) is 7.19. The van der Waals surface area contributed by atoms with Crippen LogP contribution < -0.4 is 10.2 Å². The maximum absolute atomic E-state index is 12.4. The van der Waals surface area contributed by atoms with Crippen molar-refractivity contribution in [2.75, 3.05) is 11.4 Å². The van der Waals surface area contributed by atoms with Crippen molar-refractivity contribution in [1.82, 2.24) is 5.32 Å². The van der Waals surface area contributed by atoms with Crippen LogP contribution >= 0.6 is 15.9 Å². The first-order valence-electron chi connectivity index (χ1n) is 6.40. The van der Waals surface area contributed by atoms with E-state index in [2.05, 4.69) is 21.2 Å². The second-order valence-electron chi connectivity index (χ2n) is 4.74. The van der Waals surface area contributed by atoms with Gasteiger partial charge in [0.15, 0.2) is 0 Å². The van der Waals surface area contributed by atoms with Crippen LogP contribution in [-0.4, -0.2) is 24.4 Å². The molecular formula is C14H17BrN2O2. The molecule has 1 atom stereocenters. The summed E-state index contributed by atoms with van der Waals surface area (Å²) in [6.07, 6.45) is 1.53. The zero-order valence-corrected chi connectivity index (χ0v) is 12.7. The van der Waals surface area contributed by atoms with Gasteiger partial charge in [-0.3, -0.25) is 9.59 Å². The molecule has 1 fully saturated rings. The fraction of sp³-hybridized carbons (Fsp3) is 0.429. The van der Waals surface area contributed by atoms with Gasteiger partial charge in [-0.15, -0.1) is 0 Å². The number of carbonyl (C=O) groups excluding carboxylic acids is 2. The van der Waals surface area contributed by atoms with Crippen LogP contribution in [0.25, 0.3) is 0 Å². The highest BCUT2D eigenvalue weighted by Crippen LogP contribution is 2.30. The van der Waals surface area contributed by atoms with Crippen LogP contribution in [0.1, 0.15) is 25.3 Å². The molecule has 0 spiro atoms. The summed E-state index contributed by atoms with van der Waals surface area (Å²) in [6, 6.07) is 5.31. The molecule has 4 nitrogen and oxygen atoms in total. The normalized spacial score (nSPS) is 19.5. The second kappa shape index (κ2) is 5.74. The van der Waals surface area contributed by atoms with Crippen molar-refractivity contribution in [3.63, 3.8) is 0 Å². The molecule has 0 radical (unpaired) electrons. The van der Waals surface area contributed by atoms with Crippen LogP contribution in [0.5, 0.6) is 0 Å². The van der Waals surface area contributed by atoms with E-state index < -0.39 is 6.04 Å². The Morgan fingerprint density at radius 1 is 1.42 bits per heavy atom. The second-order valence-corrected chi connectivity index (χ2v) is 5.53. The monoisotopic (exact) mass is 324 g/mol. The number of anilines is 1. The molecule has 1 N–H and O–H groups in total. The fourth-order valence-electron chi connectivity index (χ4n) is 2.24. The minimum atomic E-state index is -0.404. The van der Waals surface area contributed by atoms with Crippen molar-refractivity contribution in [1.29, 1.82) is 0 Å². The maximum atomic E-state index is 12.4. The van der Waals surface area contributed by atoms with Crippen molar-refractivity contribution in [3.8, 4) is 0 Å². The van der Waals surface area contributed by atoms with Gasteiger partial charge in [-0.1, -0.05) is 25.5 Å². The number of nitrogens with zero attached hydrogens (tertiary/aromatic N) is 1. The molecule has 102 valence electrons. The molecule has 0 aliphatic carbocycles. The Hall–Kier alpha value is -1.36. The van der Waals surface area contributed by atoms with Gasteiger partial charge in [-0.25, -0.2) is 0 Å². The summed E-state index contributed by atoms with van der Waals surface area (Å²) in [7, 11) is 0. The molecular weight excluding hydrogens is 308 g/mol. The van der Waals surface area contributed by atoms with E-state index in [1.54, 1.807) is 4.90 Å². The molecule has 5 heteroatoms. The lowest BCUT2D eigenvalue weighted by atomic mass is 10.1. The number of piperazine rings is 1. The zero-order chi connectivity index (χ0) is 14.0. The number of hydrogen-bond donors (Lipinski definition) is 1. The lowest BCUT2D eigenvalue weighted by Gasteiger charge is -2.33. The topological polar surface area (TPSA) is 49.4 Å². The fourth-order valence-corrected chi connectivity index (χ4v) is 2.72. The zero-order valence-electron chi connectivity index (χ0n) is 11.1. The van der Waals surface area contributed by atoms with Gasteiger partial charge in [0.25, 0.3) is 0 Å². The number of hydrogen-bond acceptors (Lipinski definition) is 2. The Balaban J connectivity index is 2.34. The van der Waals surface area contributed by atoms with E-state index in [0.717, 1.165) is 22.1 Å². The number of halogens is 1. The molecule has 2 rings (SSSR count). The highest BCUT2D eigenvalue weighted by Gasteiger charge is 2.33. The van der Waals surface area contributed by atoms with Crippen LogP contribution in [0.2, 0.25) is 0 Å². The lowest BCUT2D eigenvalue weighted by Crippen LogP contribution is -2.58. The van der Waals surface area contributed by atoms with E-state index in [0.29, 0.717) is 6.42 Å². The summed E-state index contributed by atoms with van der Waals surface area (Å²) in [5.74, 6) is -0.140. The van der Waals surface area contributed by atoms with E-state index in [1.165, 1.54) is 0 Å². The standard InChI is InChI=1S/C14H17BrN2O2/c1-3-5-10-14(19)17(8-12(18)16-10)11-7-4-6-9(2)13(11)15/h4,6-7,10H,3,5,8H2,1-2H3,(H,16,18). The van der Waals surface area contributed by atoms with E-state index >= 15 is 0 Å². The molecule has 2 amide bonds. The van der Waals surface area contributed by atoms with Crippen molar-refractivity contribution in [3.05, 3.63) is 28.2 Å². The van der Waals surface area contributed by atoms with Gasteiger partial charge in [0.05, 0.1) is 5.69 Å². The molecule has 0 aromatic heterocycles. The maximum Gasteiger partial charge on any atom is 0.250 e. The number of aryl methyl sites for hydroxylation is 1. The Morgan fingerprint density at radius 3 is 2.84 bits per heavy atom. The quantitative estimate of drug-likeness (QED) is 0.928. The number of amides is 2. The van der Waals surface area contributed by atoms with Crippen molar-refractivity contribution in [2.45, 2.75) is 32.7 Å². The summed E-state index contributed by atoms with van der Waals surface area (Å²) in [5.41, 5.74) is 1.81. The van der Waals surface area contributed by atoms with Crippen LogP contribution in [0.15, 0.2) is 22.7 Å². The summed E-state index contributed by atoms with van der Waals surface area (Å²) in [5, 5.41) is 2.76. The van der Waals surface area contributed by atoms with Crippen LogP contribution in [0.3, 0.4) is 0 Å². The first kappa shape index (κ1) is 14.1. The third-order valence-electron chi connectivity index (χ3n) is 3.24. The average molecular weight is 325 g/mol. The van der Waals surface area contributed by atoms with Crippen molar-refractivity contribution in [2.24, 2.45) is 0 Å². The molecule has 1 aliphatic heterocycles. The first-order chi connectivity index (χ1) is 9.04. The summed E-state index contributed by atoms with van der Waals surface area (Å²) in [6.45, 7) is 4.05. The summed E-state index contributed by atoms with van der Waals surface area (Å²) < 4.78 is 0.869. The van der Waals surface area contributed by atoms with Crippen LogP contribution in [0, 0.1) is 6.92 Å². The molecule has 1 aliphatic rings. The predicted molar refractivity (Wildman–Crippen MR) is 78.1 cm³/mol. The highest BCUT2D eigenvalue weighted by molar-refractivity contribution is 9.10. The summed E-state index contributed by atoms with van der Waals surface area (Å²) in [4.78, 5) is 25.7. The largest absolute Gasteiger partial charge is 0.343 e. The molecule has 19 heavy (non-hydrogen) atoms. The van der Waals surface area contributed by atoms with Gasteiger partial charge in [-0.05, 0) is 40.9 Å². The average Bonchev–Trinajstić information content (AvgIpc) is 2.37. The van der Waals surface area contributed by atoms with Gasteiger partial charge in [0.1, 0.15) is 12.6 Å². The minimum absolute atomic E-state index is 0.0345. The molecule has 1 aromatic carbocycles. The predicted octanol–water partition coefficient (Wildman–Crippen LogP) is 2.39. The van der Waals surface area contributed by atoms with E-state index in [9.17, 15) is 9.59 Å². The van der Waals surface area contributed by atoms with Gasteiger partial charge < -0.3 is 10.2 Å². The molecule has 1 unspecified atom stereocenters. The number of benzene rings is 1. The van der Waals surface area contributed by atoms with Crippen molar-refractivity contribution >= 4 is 33.4 Å². The van der Waals surface area contributed by atoms with Gasteiger partial charge in [-0.2, -0.15) is 0 Å². The third-order valence-corrected chi connectivity index (χ3v) is 4.27. The number of rotatable bonds is 3. The SMILES string of the molecule is CCCC1NC(=O)CN(c2cccc(C)c2Br)C1=O. The van der Waals surface area contributed by atoms with Gasteiger partial charge in [0.2, 0.25) is 11.8 Å². The third kappa shape index (κ3) is 2.81. The molecule has 0 saturated carbocycles. The molecule has 1 saturated heterocycles. The summed E-state index contributed by atoms with van der Waals surface area (Å²) >= 11 is 3.50. The lowest BCUT2D eigenvalue weighted by molar-refractivity contribution is -0.131. The number of nitrogens with one attached hydrogen (secondary N) is 1. The van der Waals surface area contributed by atoms with Gasteiger partial charge >= 0.3 is 0 Å². The van der Waals surface area contributed by atoms with E-state index in [-0.39, 0.29) is 18.4 Å². The van der Waals surface area contributed by atoms with Gasteiger partial charge in [0, 0.05) is 4.47 Å². The molecule has 0 bridgehead atoms. The molecule has 1 aromatic rings. The van der Waals surface area contributed by atoms with Crippen LogP contribution in [0.4, 0.5) is 5.69 Å². The molecule has 1 heterocycles. The number of carbonyl (C=O) groups is 2. The van der Waals surface area contributed by atoms with E-state index in [1.807, 2.05) is 32.0 Å². The Labute approximate surface area is 121 Å². The Bertz CT molecular complexity index is 516. The van der Waals surface area contributed by atoms with Crippen LogP contribution in [-0.2, 0) is 9.59 Å². The van der Waals surface area contributed by atoms with E-state index in [4.69, 9.17) is 0 Å². The highest BCUT2D eigenvalue weighted by atomic mass is 79.9. The smallest absolute Gasteiger partial charge is 0.250 e.